The second-order valence-electron chi connectivity index (χ2n) is 5.91. The van der Waals surface area contributed by atoms with E-state index in [9.17, 15) is 4.79 Å². The predicted molar refractivity (Wildman–Crippen MR) is 99.9 cm³/mol. The van der Waals surface area contributed by atoms with Gasteiger partial charge in [-0.2, -0.15) is 0 Å². The first-order valence-electron chi connectivity index (χ1n) is 8.32. The van der Waals surface area contributed by atoms with Crippen LogP contribution in [-0.4, -0.2) is 47.1 Å². The Bertz CT molecular complexity index is 825. The third-order valence-electron chi connectivity index (χ3n) is 4.32. The van der Waals surface area contributed by atoms with Crippen LogP contribution in [0.4, 0.5) is 10.5 Å². The summed E-state index contributed by atoms with van der Waals surface area (Å²) in [5.41, 5.74) is 2.15. The van der Waals surface area contributed by atoms with E-state index < -0.39 is 0 Å². The lowest BCUT2D eigenvalue weighted by Gasteiger charge is -2.35. The summed E-state index contributed by atoms with van der Waals surface area (Å²) in [6, 6.07) is 12.0. The second-order valence-corrected chi connectivity index (χ2v) is 7.03. The van der Waals surface area contributed by atoms with Gasteiger partial charge in [-0.1, -0.05) is 12.1 Å². The van der Waals surface area contributed by atoms with Crippen LogP contribution in [0.2, 0.25) is 0 Å². The van der Waals surface area contributed by atoms with Gasteiger partial charge in [0.2, 0.25) is 0 Å². The van der Waals surface area contributed by atoms with Gasteiger partial charge in [0, 0.05) is 44.3 Å². The van der Waals surface area contributed by atoms with Gasteiger partial charge in [-0.05, 0) is 24.3 Å². The van der Waals surface area contributed by atoms with Gasteiger partial charge in [-0.3, -0.25) is 4.98 Å². The number of hydrogen-bond donors (Lipinski definition) is 1. The standard InChI is InChI=1S/C18H19N5OS/c24-18(20-13-17-21-15-3-1-2-4-16(15)25-17)23-11-9-22(10-12-23)14-5-7-19-8-6-14/h1-8H,9-13H2,(H,20,24). The number of hydrogen-bond acceptors (Lipinski definition) is 5. The highest BCUT2D eigenvalue weighted by molar-refractivity contribution is 7.18. The van der Waals surface area contributed by atoms with E-state index in [2.05, 4.69) is 26.3 Å². The fourth-order valence-electron chi connectivity index (χ4n) is 2.98. The molecule has 0 atom stereocenters. The highest BCUT2D eigenvalue weighted by Crippen LogP contribution is 2.21. The summed E-state index contributed by atoms with van der Waals surface area (Å²) in [4.78, 5) is 25.1. The number of amides is 2. The summed E-state index contributed by atoms with van der Waals surface area (Å²) in [7, 11) is 0. The van der Waals surface area contributed by atoms with E-state index in [1.165, 1.54) is 0 Å². The van der Waals surface area contributed by atoms with Gasteiger partial charge in [0.05, 0.1) is 16.8 Å². The maximum Gasteiger partial charge on any atom is 0.317 e. The Balaban J connectivity index is 1.30. The third-order valence-corrected chi connectivity index (χ3v) is 5.36. The molecule has 1 aliphatic rings. The van der Waals surface area contributed by atoms with E-state index in [4.69, 9.17) is 0 Å². The molecule has 1 N–H and O–H groups in total. The minimum Gasteiger partial charge on any atom is -0.368 e. The third kappa shape index (κ3) is 3.56. The lowest BCUT2D eigenvalue weighted by Crippen LogP contribution is -2.51. The van der Waals surface area contributed by atoms with Crippen LogP contribution in [-0.2, 0) is 6.54 Å². The van der Waals surface area contributed by atoms with E-state index in [-0.39, 0.29) is 6.03 Å². The maximum atomic E-state index is 12.4. The Hall–Kier alpha value is -2.67. The number of nitrogens with zero attached hydrogens (tertiary/aromatic N) is 4. The van der Waals surface area contributed by atoms with Crippen molar-refractivity contribution in [1.29, 1.82) is 0 Å². The van der Waals surface area contributed by atoms with Crippen LogP contribution in [0.5, 0.6) is 0 Å². The van der Waals surface area contributed by atoms with Gasteiger partial charge in [-0.15, -0.1) is 11.3 Å². The number of anilines is 1. The van der Waals surface area contributed by atoms with E-state index in [0.29, 0.717) is 19.6 Å². The highest BCUT2D eigenvalue weighted by Gasteiger charge is 2.21. The SMILES string of the molecule is O=C(NCc1nc2ccccc2s1)N1CCN(c2ccncc2)CC1. The van der Waals surface area contributed by atoms with Gasteiger partial charge >= 0.3 is 6.03 Å². The molecule has 3 aromatic rings. The molecule has 1 fully saturated rings. The molecule has 6 nitrogen and oxygen atoms in total. The van der Waals surface area contributed by atoms with Crippen LogP contribution in [0.1, 0.15) is 5.01 Å². The quantitative estimate of drug-likeness (QED) is 0.786. The molecule has 1 aromatic carbocycles. The molecule has 1 aliphatic heterocycles. The normalized spacial score (nSPS) is 14.7. The maximum absolute atomic E-state index is 12.4. The average molecular weight is 353 g/mol. The van der Waals surface area contributed by atoms with Crippen molar-refractivity contribution >= 4 is 33.3 Å². The van der Waals surface area contributed by atoms with E-state index in [1.54, 1.807) is 23.7 Å². The van der Waals surface area contributed by atoms with Gasteiger partial charge in [0.25, 0.3) is 0 Å². The zero-order chi connectivity index (χ0) is 17.1. The lowest BCUT2D eigenvalue weighted by molar-refractivity contribution is 0.194. The lowest BCUT2D eigenvalue weighted by atomic mass is 10.3. The minimum atomic E-state index is -0.0198. The summed E-state index contributed by atoms with van der Waals surface area (Å²) in [5.74, 6) is 0. The van der Waals surface area contributed by atoms with Gasteiger partial charge in [0.1, 0.15) is 5.01 Å². The molecule has 0 bridgehead atoms. The Morgan fingerprint density at radius 1 is 1.08 bits per heavy atom. The molecule has 128 valence electrons. The van der Waals surface area contributed by atoms with Crippen molar-refractivity contribution in [3.63, 3.8) is 0 Å². The number of carbonyl (C=O) groups is 1. The molecule has 4 rings (SSSR count). The largest absolute Gasteiger partial charge is 0.368 e. The number of nitrogens with one attached hydrogen (secondary N) is 1. The first kappa shape index (κ1) is 15.8. The number of fused-ring (bicyclic) bond motifs is 1. The molecule has 0 aliphatic carbocycles. The Morgan fingerprint density at radius 3 is 2.60 bits per heavy atom. The average Bonchev–Trinajstić information content (AvgIpc) is 3.10. The molecular weight excluding hydrogens is 334 g/mol. The number of para-hydroxylation sites is 1. The van der Waals surface area contributed by atoms with Crippen LogP contribution in [0.25, 0.3) is 10.2 Å². The van der Waals surface area contributed by atoms with Crippen LogP contribution in [0.3, 0.4) is 0 Å². The smallest absolute Gasteiger partial charge is 0.317 e. The molecule has 7 heteroatoms. The molecule has 2 aromatic heterocycles. The Labute approximate surface area is 150 Å². The van der Waals surface area contributed by atoms with Crippen molar-refractivity contribution in [3.05, 3.63) is 53.8 Å². The van der Waals surface area contributed by atoms with E-state index >= 15 is 0 Å². The molecule has 0 radical (unpaired) electrons. The highest BCUT2D eigenvalue weighted by atomic mass is 32.1. The van der Waals surface area contributed by atoms with Crippen molar-refractivity contribution < 1.29 is 4.79 Å². The molecule has 0 saturated carbocycles. The van der Waals surface area contributed by atoms with Crippen molar-refractivity contribution in [2.24, 2.45) is 0 Å². The summed E-state index contributed by atoms with van der Waals surface area (Å²) in [6.07, 6.45) is 3.60. The van der Waals surface area contributed by atoms with Crippen LogP contribution in [0, 0.1) is 0 Å². The molecule has 3 heterocycles. The van der Waals surface area contributed by atoms with E-state index in [1.807, 2.05) is 35.2 Å². The number of aromatic nitrogens is 2. The molecule has 2 amide bonds. The minimum absolute atomic E-state index is 0.0198. The van der Waals surface area contributed by atoms with E-state index in [0.717, 1.165) is 34.0 Å². The number of thiazole rings is 1. The number of rotatable bonds is 3. The monoisotopic (exact) mass is 353 g/mol. The topological polar surface area (TPSA) is 61.4 Å². The molecule has 25 heavy (non-hydrogen) atoms. The van der Waals surface area contributed by atoms with Gasteiger partial charge < -0.3 is 15.1 Å². The number of benzene rings is 1. The number of pyridine rings is 1. The van der Waals surface area contributed by atoms with Crippen LogP contribution in [0.15, 0.2) is 48.8 Å². The fourth-order valence-corrected chi connectivity index (χ4v) is 3.89. The first-order valence-corrected chi connectivity index (χ1v) is 9.13. The second kappa shape index (κ2) is 7.06. The number of carbonyl (C=O) groups excluding carboxylic acids is 1. The summed E-state index contributed by atoms with van der Waals surface area (Å²) >= 11 is 1.63. The molecule has 0 unspecified atom stereocenters. The van der Waals surface area contributed by atoms with Gasteiger partial charge in [0.15, 0.2) is 0 Å². The zero-order valence-electron chi connectivity index (χ0n) is 13.8. The predicted octanol–water partition coefficient (Wildman–Crippen LogP) is 2.72. The molecule has 0 spiro atoms. The summed E-state index contributed by atoms with van der Waals surface area (Å²) < 4.78 is 1.15. The molecule has 1 saturated heterocycles. The first-order chi connectivity index (χ1) is 12.3. The van der Waals surface area contributed by atoms with Crippen molar-refractivity contribution in [2.75, 3.05) is 31.1 Å². The molecular formula is C18H19N5OS. The fraction of sp³-hybridized carbons (Fsp3) is 0.278. The Morgan fingerprint density at radius 2 is 1.84 bits per heavy atom. The number of piperazine rings is 1. The van der Waals surface area contributed by atoms with Crippen LogP contribution < -0.4 is 10.2 Å². The van der Waals surface area contributed by atoms with Crippen molar-refractivity contribution in [1.82, 2.24) is 20.2 Å². The van der Waals surface area contributed by atoms with Crippen molar-refractivity contribution in [3.8, 4) is 0 Å². The van der Waals surface area contributed by atoms with Crippen molar-refractivity contribution in [2.45, 2.75) is 6.54 Å². The number of urea groups is 1. The summed E-state index contributed by atoms with van der Waals surface area (Å²) in [5, 5.41) is 3.93. The zero-order valence-corrected chi connectivity index (χ0v) is 14.6. The summed E-state index contributed by atoms with van der Waals surface area (Å²) in [6.45, 7) is 3.57. The Kier molecular flexibility index (Phi) is 4.47. The van der Waals surface area contributed by atoms with Crippen LogP contribution >= 0.6 is 11.3 Å². The van der Waals surface area contributed by atoms with Gasteiger partial charge in [-0.25, -0.2) is 9.78 Å².